The molecule has 0 amide bonds. The molecule has 1 aliphatic rings. The maximum Gasteiger partial charge on any atom is 0.336 e. The van der Waals surface area contributed by atoms with Crippen molar-refractivity contribution < 1.29 is 19.7 Å². The molecule has 1 heterocycles. The third-order valence-electron chi connectivity index (χ3n) is 0.923. The third kappa shape index (κ3) is 0.962. The van der Waals surface area contributed by atoms with E-state index in [0.717, 1.165) is 0 Å². The van der Waals surface area contributed by atoms with Gasteiger partial charge in [0.1, 0.15) is 0 Å². The largest absolute Gasteiger partial charge is 0.479 e. The van der Waals surface area contributed by atoms with E-state index >= 15 is 0 Å². The predicted octanol–water partition coefficient (Wildman–Crippen LogP) is -0.208. The van der Waals surface area contributed by atoms with Crippen molar-refractivity contribution in [1.82, 2.24) is 0 Å². The van der Waals surface area contributed by atoms with Crippen molar-refractivity contribution in [3.63, 3.8) is 0 Å². The maximum absolute atomic E-state index is 10.00. The Labute approximate surface area is 45.9 Å². The van der Waals surface area contributed by atoms with Crippen molar-refractivity contribution in [2.75, 3.05) is 6.61 Å². The van der Waals surface area contributed by atoms with Crippen LogP contribution in [0.1, 0.15) is 6.42 Å². The van der Waals surface area contributed by atoms with Gasteiger partial charge in [-0.2, -0.15) is 0 Å². The summed E-state index contributed by atoms with van der Waals surface area (Å²) in [6.07, 6.45) is -0.287. The number of carbonyl (C=O) groups is 1. The van der Waals surface area contributed by atoms with E-state index in [1.54, 1.807) is 0 Å². The molecule has 8 heavy (non-hydrogen) atoms. The zero-order valence-corrected chi connectivity index (χ0v) is 4.16. The Kier molecular flexibility index (Phi) is 1.45. The van der Waals surface area contributed by atoms with Crippen LogP contribution in [0.25, 0.3) is 0 Å². The van der Waals surface area contributed by atoms with Gasteiger partial charge in [-0.1, -0.05) is 0 Å². The standard InChI is InChI=1S/C4H6O4/c5-4(6)3-1-2-7-8-3/h3H,1-2H2,(H,5,6). The molecular weight excluding hydrogens is 112 g/mol. The molecule has 4 heteroatoms. The molecule has 0 spiro atoms. The predicted molar refractivity (Wildman–Crippen MR) is 23.1 cm³/mol. The Morgan fingerprint density at radius 2 is 2.50 bits per heavy atom. The molecule has 1 saturated heterocycles. The molecule has 0 saturated carbocycles. The van der Waals surface area contributed by atoms with Gasteiger partial charge in [-0.25, -0.2) is 14.6 Å². The van der Waals surface area contributed by atoms with Crippen LogP contribution in [0, 0.1) is 0 Å². The molecule has 1 aliphatic heterocycles. The lowest BCUT2D eigenvalue weighted by molar-refractivity contribution is -0.273. The highest BCUT2D eigenvalue weighted by Crippen LogP contribution is 2.07. The zero-order chi connectivity index (χ0) is 5.98. The van der Waals surface area contributed by atoms with Gasteiger partial charge in [-0.15, -0.1) is 0 Å². The lowest BCUT2D eigenvalue weighted by atomic mass is 10.3. The summed E-state index contributed by atoms with van der Waals surface area (Å²) in [4.78, 5) is 18.6. The van der Waals surface area contributed by atoms with Crippen molar-refractivity contribution in [2.24, 2.45) is 0 Å². The van der Waals surface area contributed by atoms with Crippen molar-refractivity contribution in [1.29, 1.82) is 0 Å². The lowest BCUT2D eigenvalue weighted by Gasteiger charge is -1.95. The number of rotatable bonds is 1. The summed E-state index contributed by atoms with van der Waals surface area (Å²) in [5, 5.41) is 8.21. The first kappa shape index (κ1) is 5.53. The molecule has 0 radical (unpaired) electrons. The van der Waals surface area contributed by atoms with Crippen LogP contribution in [-0.2, 0) is 14.6 Å². The van der Waals surface area contributed by atoms with Crippen LogP contribution in [0.3, 0.4) is 0 Å². The number of carboxylic acid groups (broad SMARTS) is 1. The van der Waals surface area contributed by atoms with E-state index in [4.69, 9.17) is 5.11 Å². The number of hydrogen-bond acceptors (Lipinski definition) is 3. The summed E-state index contributed by atoms with van der Waals surface area (Å²) < 4.78 is 0. The van der Waals surface area contributed by atoms with Crippen molar-refractivity contribution >= 4 is 5.97 Å². The second kappa shape index (κ2) is 2.11. The molecule has 0 bridgehead atoms. The quantitative estimate of drug-likeness (QED) is 0.484. The lowest BCUT2D eigenvalue weighted by Crippen LogP contribution is -2.17. The Morgan fingerprint density at radius 3 is 2.75 bits per heavy atom. The molecule has 0 aromatic carbocycles. The molecule has 0 aromatic rings. The summed E-state index contributed by atoms with van der Waals surface area (Å²) in [5.41, 5.74) is 0. The average Bonchev–Trinajstić information content (AvgIpc) is 2.12. The van der Waals surface area contributed by atoms with E-state index < -0.39 is 12.1 Å². The van der Waals surface area contributed by atoms with Crippen LogP contribution in [0.4, 0.5) is 0 Å². The van der Waals surface area contributed by atoms with Crippen LogP contribution in [0.2, 0.25) is 0 Å². The molecule has 46 valence electrons. The Morgan fingerprint density at radius 1 is 1.75 bits per heavy atom. The van der Waals surface area contributed by atoms with Gasteiger partial charge < -0.3 is 5.11 Å². The Bertz CT molecular complexity index is 94.2. The smallest absolute Gasteiger partial charge is 0.336 e. The summed E-state index contributed by atoms with van der Waals surface area (Å²) in [7, 11) is 0. The maximum atomic E-state index is 10.00. The van der Waals surface area contributed by atoms with E-state index in [-0.39, 0.29) is 0 Å². The van der Waals surface area contributed by atoms with E-state index in [0.29, 0.717) is 13.0 Å². The summed E-state index contributed by atoms with van der Waals surface area (Å²) >= 11 is 0. The fourth-order valence-corrected chi connectivity index (χ4v) is 0.498. The van der Waals surface area contributed by atoms with Crippen LogP contribution < -0.4 is 0 Å². The first-order valence-electron chi connectivity index (χ1n) is 2.32. The van der Waals surface area contributed by atoms with E-state index in [1.807, 2.05) is 0 Å². The molecular formula is C4H6O4. The highest BCUT2D eigenvalue weighted by molar-refractivity contribution is 5.72. The van der Waals surface area contributed by atoms with Gasteiger partial charge in [0, 0.05) is 6.42 Å². The number of aliphatic carboxylic acids is 1. The molecule has 0 aromatic heterocycles. The highest BCUT2D eigenvalue weighted by Gasteiger charge is 2.24. The minimum atomic E-state index is -0.956. The van der Waals surface area contributed by atoms with Gasteiger partial charge in [-0.3, -0.25) is 0 Å². The molecule has 0 aliphatic carbocycles. The molecule has 1 atom stereocenters. The Hall–Kier alpha value is -0.610. The van der Waals surface area contributed by atoms with Gasteiger partial charge in [0.25, 0.3) is 0 Å². The molecule has 1 rings (SSSR count). The average molecular weight is 118 g/mol. The molecule has 1 N–H and O–H groups in total. The SMILES string of the molecule is O=C(O)C1CCOO1. The van der Waals surface area contributed by atoms with Gasteiger partial charge in [0.05, 0.1) is 6.61 Å². The van der Waals surface area contributed by atoms with Crippen molar-refractivity contribution in [3.05, 3.63) is 0 Å². The number of carboxylic acids is 1. The van der Waals surface area contributed by atoms with Crippen molar-refractivity contribution in [3.8, 4) is 0 Å². The van der Waals surface area contributed by atoms with Gasteiger partial charge in [-0.05, 0) is 0 Å². The summed E-state index contributed by atoms with van der Waals surface area (Å²) in [6.45, 7) is 0.386. The first-order valence-corrected chi connectivity index (χ1v) is 2.32. The normalized spacial score (nSPS) is 28.2. The second-order valence-electron chi connectivity index (χ2n) is 1.53. The zero-order valence-electron chi connectivity index (χ0n) is 4.16. The number of hydrogen-bond donors (Lipinski definition) is 1. The molecule has 1 fully saturated rings. The fourth-order valence-electron chi connectivity index (χ4n) is 0.498. The van der Waals surface area contributed by atoms with Gasteiger partial charge >= 0.3 is 5.97 Å². The van der Waals surface area contributed by atoms with E-state index in [1.165, 1.54) is 0 Å². The van der Waals surface area contributed by atoms with Crippen LogP contribution >= 0.6 is 0 Å². The minimum absolute atomic E-state index is 0.386. The monoisotopic (exact) mass is 118 g/mol. The van der Waals surface area contributed by atoms with E-state index in [9.17, 15) is 4.79 Å². The molecule has 1 unspecified atom stereocenters. The summed E-state index contributed by atoms with van der Waals surface area (Å²) in [6, 6.07) is 0. The van der Waals surface area contributed by atoms with Gasteiger partial charge in [0.2, 0.25) is 0 Å². The highest BCUT2D eigenvalue weighted by atomic mass is 17.2. The second-order valence-corrected chi connectivity index (χ2v) is 1.53. The fraction of sp³-hybridized carbons (Fsp3) is 0.750. The Balaban J connectivity index is 2.35. The minimum Gasteiger partial charge on any atom is -0.479 e. The van der Waals surface area contributed by atoms with E-state index in [2.05, 4.69) is 9.78 Å². The molecule has 4 nitrogen and oxygen atoms in total. The third-order valence-corrected chi connectivity index (χ3v) is 0.923. The van der Waals surface area contributed by atoms with Crippen molar-refractivity contribution in [2.45, 2.75) is 12.5 Å². The topological polar surface area (TPSA) is 55.8 Å². The van der Waals surface area contributed by atoms with Crippen LogP contribution in [-0.4, -0.2) is 23.8 Å². The van der Waals surface area contributed by atoms with Crippen LogP contribution in [0.5, 0.6) is 0 Å². The summed E-state index contributed by atoms with van der Waals surface area (Å²) in [5.74, 6) is -0.956. The van der Waals surface area contributed by atoms with Crippen LogP contribution in [0.15, 0.2) is 0 Å². The van der Waals surface area contributed by atoms with Gasteiger partial charge in [0.15, 0.2) is 6.10 Å². The first-order chi connectivity index (χ1) is 3.80.